The molecule has 0 aliphatic carbocycles. The molecule has 0 atom stereocenters. The molecule has 0 spiro atoms. The van der Waals surface area contributed by atoms with Gasteiger partial charge in [-0.15, -0.1) is 0 Å². The molecule has 66 valence electrons. The summed E-state index contributed by atoms with van der Waals surface area (Å²) >= 11 is 0. The number of hydrogen-bond acceptors (Lipinski definition) is 2. The molecule has 4 nitrogen and oxygen atoms in total. The molecular weight excluding hydrogens is 156 g/mol. The topological polar surface area (TPSA) is 44.0 Å². The zero-order valence-electron chi connectivity index (χ0n) is 7.50. The summed E-state index contributed by atoms with van der Waals surface area (Å²) in [7, 11) is 3.13. The predicted molar refractivity (Wildman–Crippen MR) is 46.3 cm³/mol. The van der Waals surface area contributed by atoms with Gasteiger partial charge in [-0.25, -0.2) is 4.79 Å². The average molecular weight is 168 g/mol. The van der Waals surface area contributed by atoms with E-state index in [-0.39, 0.29) is 11.2 Å². The summed E-state index contributed by atoms with van der Waals surface area (Å²) in [5.74, 6) is 0. The molecule has 1 aromatic rings. The van der Waals surface area contributed by atoms with Crippen LogP contribution in [0.1, 0.15) is 12.5 Å². The molecule has 0 aliphatic heterocycles. The molecule has 1 heterocycles. The molecule has 12 heavy (non-hydrogen) atoms. The SMILES string of the molecule is CCc1cn(C)c(=O)n(C)c1=O. The minimum Gasteiger partial charge on any atom is -0.303 e. The van der Waals surface area contributed by atoms with Crippen LogP contribution < -0.4 is 11.2 Å². The largest absolute Gasteiger partial charge is 0.330 e. The first-order valence-electron chi connectivity index (χ1n) is 3.83. The van der Waals surface area contributed by atoms with Gasteiger partial charge in [0.2, 0.25) is 0 Å². The van der Waals surface area contributed by atoms with Crippen molar-refractivity contribution in [3.63, 3.8) is 0 Å². The molecule has 1 rings (SSSR count). The molecule has 0 saturated heterocycles. The van der Waals surface area contributed by atoms with Crippen molar-refractivity contribution in [2.75, 3.05) is 0 Å². The van der Waals surface area contributed by atoms with Gasteiger partial charge < -0.3 is 4.57 Å². The zero-order valence-corrected chi connectivity index (χ0v) is 7.50. The van der Waals surface area contributed by atoms with Gasteiger partial charge in [0.15, 0.2) is 0 Å². The van der Waals surface area contributed by atoms with Crippen LogP contribution >= 0.6 is 0 Å². The lowest BCUT2D eigenvalue weighted by Gasteiger charge is -2.03. The summed E-state index contributed by atoms with van der Waals surface area (Å²) in [6, 6.07) is 0. The Morgan fingerprint density at radius 2 is 1.92 bits per heavy atom. The first-order valence-corrected chi connectivity index (χ1v) is 3.83. The lowest BCUT2D eigenvalue weighted by molar-refractivity contribution is 0.670. The molecule has 0 unspecified atom stereocenters. The van der Waals surface area contributed by atoms with Crippen molar-refractivity contribution >= 4 is 0 Å². The molecule has 0 aromatic carbocycles. The fraction of sp³-hybridized carbons (Fsp3) is 0.500. The first-order chi connectivity index (χ1) is 5.57. The van der Waals surface area contributed by atoms with E-state index in [4.69, 9.17) is 0 Å². The highest BCUT2D eigenvalue weighted by molar-refractivity contribution is 5.04. The molecule has 0 N–H and O–H groups in total. The third kappa shape index (κ3) is 1.20. The second kappa shape index (κ2) is 2.97. The first kappa shape index (κ1) is 8.77. The van der Waals surface area contributed by atoms with Crippen LogP contribution in [0.2, 0.25) is 0 Å². The van der Waals surface area contributed by atoms with Gasteiger partial charge in [0.25, 0.3) is 5.56 Å². The third-order valence-electron chi connectivity index (χ3n) is 1.90. The predicted octanol–water partition coefficient (Wildman–Crippen LogP) is -0.354. The van der Waals surface area contributed by atoms with Crippen molar-refractivity contribution in [1.29, 1.82) is 0 Å². The molecule has 0 amide bonds. The van der Waals surface area contributed by atoms with E-state index in [2.05, 4.69) is 0 Å². The maximum Gasteiger partial charge on any atom is 0.330 e. The summed E-state index contributed by atoms with van der Waals surface area (Å²) in [6.07, 6.45) is 2.24. The van der Waals surface area contributed by atoms with Gasteiger partial charge in [-0.2, -0.15) is 0 Å². The quantitative estimate of drug-likeness (QED) is 0.575. The van der Waals surface area contributed by atoms with Crippen LogP contribution in [-0.2, 0) is 20.5 Å². The molecular formula is C8H12N2O2. The Labute approximate surface area is 70.1 Å². The van der Waals surface area contributed by atoms with Gasteiger partial charge in [-0.3, -0.25) is 9.36 Å². The van der Waals surface area contributed by atoms with E-state index in [0.29, 0.717) is 12.0 Å². The van der Waals surface area contributed by atoms with Crippen molar-refractivity contribution in [2.45, 2.75) is 13.3 Å². The van der Waals surface area contributed by atoms with Crippen LogP contribution in [0, 0.1) is 0 Å². The maximum atomic E-state index is 11.3. The van der Waals surface area contributed by atoms with Crippen molar-refractivity contribution in [3.8, 4) is 0 Å². The van der Waals surface area contributed by atoms with Gasteiger partial charge in [-0.05, 0) is 6.42 Å². The molecule has 1 aromatic heterocycles. The number of hydrogen-bond donors (Lipinski definition) is 0. The van der Waals surface area contributed by atoms with Crippen molar-refractivity contribution in [3.05, 3.63) is 32.6 Å². The van der Waals surface area contributed by atoms with Crippen LogP contribution in [0.25, 0.3) is 0 Å². The monoisotopic (exact) mass is 168 g/mol. The molecule has 0 aliphatic rings. The molecule has 0 radical (unpaired) electrons. The van der Waals surface area contributed by atoms with Crippen molar-refractivity contribution in [2.24, 2.45) is 14.1 Å². The van der Waals surface area contributed by atoms with E-state index in [1.165, 1.54) is 11.6 Å². The van der Waals surface area contributed by atoms with Crippen LogP contribution in [-0.4, -0.2) is 9.13 Å². The summed E-state index contributed by atoms with van der Waals surface area (Å²) in [6.45, 7) is 1.89. The number of aryl methyl sites for hydroxylation is 2. The summed E-state index contributed by atoms with van der Waals surface area (Å²) in [4.78, 5) is 22.5. The summed E-state index contributed by atoms with van der Waals surface area (Å²) in [5.41, 5.74) is 0.192. The second-order valence-electron chi connectivity index (χ2n) is 2.77. The Kier molecular flexibility index (Phi) is 2.17. The number of aromatic nitrogens is 2. The zero-order chi connectivity index (χ0) is 9.30. The highest BCUT2D eigenvalue weighted by Gasteiger charge is 2.03. The standard InChI is InChI=1S/C8H12N2O2/c1-4-6-5-9(2)8(12)10(3)7(6)11/h5H,4H2,1-3H3. The Balaban J connectivity index is 3.61. The van der Waals surface area contributed by atoms with Gasteiger partial charge in [0.1, 0.15) is 0 Å². The third-order valence-corrected chi connectivity index (χ3v) is 1.90. The Bertz CT molecular complexity index is 400. The maximum absolute atomic E-state index is 11.3. The molecule has 4 heteroatoms. The lowest BCUT2D eigenvalue weighted by atomic mass is 10.2. The van der Waals surface area contributed by atoms with E-state index in [1.54, 1.807) is 13.2 Å². The lowest BCUT2D eigenvalue weighted by Crippen LogP contribution is -2.38. The Hall–Kier alpha value is -1.32. The molecule has 0 saturated carbocycles. The van der Waals surface area contributed by atoms with Crippen LogP contribution in [0.15, 0.2) is 15.8 Å². The number of nitrogens with zero attached hydrogens (tertiary/aromatic N) is 2. The highest BCUT2D eigenvalue weighted by atomic mass is 16.2. The average Bonchev–Trinajstić information content (AvgIpc) is 2.08. The summed E-state index contributed by atoms with van der Waals surface area (Å²) < 4.78 is 2.54. The van der Waals surface area contributed by atoms with Crippen LogP contribution in [0.4, 0.5) is 0 Å². The van der Waals surface area contributed by atoms with E-state index < -0.39 is 0 Å². The van der Waals surface area contributed by atoms with Gasteiger partial charge in [0, 0.05) is 25.9 Å². The summed E-state index contributed by atoms with van der Waals surface area (Å²) in [5, 5.41) is 0. The fourth-order valence-electron chi connectivity index (χ4n) is 1.13. The van der Waals surface area contributed by atoms with Crippen molar-refractivity contribution < 1.29 is 0 Å². The minimum atomic E-state index is -0.280. The van der Waals surface area contributed by atoms with Gasteiger partial charge in [-0.1, -0.05) is 6.92 Å². The Morgan fingerprint density at radius 3 is 2.42 bits per heavy atom. The minimum absolute atomic E-state index is 0.194. The van der Waals surface area contributed by atoms with E-state index >= 15 is 0 Å². The Morgan fingerprint density at radius 1 is 1.33 bits per heavy atom. The normalized spacial score (nSPS) is 10.2. The van der Waals surface area contributed by atoms with E-state index in [1.807, 2.05) is 6.92 Å². The van der Waals surface area contributed by atoms with Crippen molar-refractivity contribution in [1.82, 2.24) is 9.13 Å². The van der Waals surface area contributed by atoms with E-state index in [9.17, 15) is 9.59 Å². The smallest absolute Gasteiger partial charge is 0.303 e. The molecule has 0 fully saturated rings. The van der Waals surface area contributed by atoms with Crippen LogP contribution in [0.3, 0.4) is 0 Å². The van der Waals surface area contributed by atoms with E-state index in [0.717, 1.165) is 4.57 Å². The number of rotatable bonds is 1. The van der Waals surface area contributed by atoms with Crippen LogP contribution in [0.5, 0.6) is 0 Å². The molecule has 0 bridgehead atoms. The van der Waals surface area contributed by atoms with Gasteiger partial charge in [0.05, 0.1) is 0 Å². The highest BCUT2D eigenvalue weighted by Crippen LogP contribution is 1.86. The van der Waals surface area contributed by atoms with Gasteiger partial charge >= 0.3 is 5.69 Å². The second-order valence-corrected chi connectivity index (χ2v) is 2.77. The fourth-order valence-corrected chi connectivity index (χ4v) is 1.13.